The molecule has 3 nitrogen and oxygen atoms in total. The molecule has 1 aromatic carbocycles. The molecular weight excluding hydrogens is 227 g/mol. The zero-order chi connectivity index (χ0) is 13.8. The number of rotatable bonds is 6. The van der Waals surface area contributed by atoms with Gasteiger partial charge < -0.3 is 14.1 Å². The van der Waals surface area contributed by atoms with Crippen LogP contribution in [0.5, 0.6) is 5.75 Å². The number of methoxy groups -OCH3 is 2. The van der Waals surface area contributed by atoms with E-state index >= 15 is 0 Å². The Hall–Kier alpha value is -0.995. The Labute approximate surface area is 111 Å². The van der Waals surface area contributed by atoms with Crippen LogP contribution < -0.4 is 10.2 Å². The molecule has 0 N–H and O–H groups in total. The molecule has 0 saturated heterocycles. The van der Waals surface area contributed by atoms with Gasteiger partial charge in [-0.2, -0.15) is 0 Å². The second-order valence-electron chi connectivity index (χ2n) is 5.23. The lowest BCUT2D eigenvalue weighted by atomic mass is 9.82. The van der Waals surface area contributed by atoms with E-state index in [9.17, 15) is 0 Å². The summed E-state index contributed by atoms with van der Waals surface area (Å²) < 4.78 is 16.4. The number of hydrogen-bond acceptors (Lipinski definition) is 3. The van der Waals surface area contributed by atoms with E-state index in [1.807, 2.05) is 52.0 Å². The third-order valence-corrected chi connectivity index (χ3v) is 3.57. The average Bonchev–Trinajstić information content (AvgIpc) is 2.36. The molecule has 0 unspecified atom stereocenters. The maximum Gasteiger partial charge on any atom is 0.330 e. The van der Waals surface area contributed by atoms with Gasteiger partial charge in [0.05, 0.1) is 18.3 Å². The van der Waals surface area contributed by atoms with E-state index in [2.05, 4.69) is 0 Å². The minimum atomic E-state index is -0.415. The predicted molar refractivity (Wildman–Crippen MR) is 74.6 cm³/mol. The minimum Gasteiger partial charge on any atom is -0.497 e. The van der Waals surface area contributed by atoms with E-state index in [-0.39, 0.29) is 5.60 Å². The Balaban J connectivity index is 2.64. The lowest BCUT2D eigenvalue weighted by molar-refractivity contribution is -0.114. The van der Waals surface area contributed by atoms with Crippen LogP contribution in [0.4, 0.5) is 0 Å². The van der Waals surface area contributed by atoms with Gasteiger partial charge in [0.2, 0.25) is 0 Å². The molecule has 0 atom stereocenters. The highest BCUT2D eigenvalue weighted by Crippen LogP contribution is 2.27. The van der Waals surface area contributed by atoms with Crippen LogP contribution in [0.1, 0.15) is 27.7 Å². The molecule has 0 aliphatic carbocycles. The van der Waals surface area contributed by atoms with Crippen molar-refractivity contribution < 1.29 is 14.1 Å². The topological polar surface area (TPSA) is 27.7 Å². The smallest absolute Gasteiger partial charge is 0.330 e. The van der Waals surface area contributed by atoms with E-state index in [0.29, 0.717) is 0 Å². The molecule has 0 bridgehead atoms. The molecule has 0 saturated carbocycles. The van der Waals surface area contributed by atoms with E-state index < -0.39 is 5.60 Å². The molecule has 0 fully saturated rings. The van der Waals surface area contributed by atoms with Crippen LogP contribution in [0.3, 0.4) is 0 Å². The molecule has 0 aliphatic heterocycles. The first kappa shape index (κ1) is 15.1. The fraction of sp³-hybridized carbons (Fsp3) is 0.571. The number of ether oxygens (including phenoxy) is 2. The molecule has 18 heavy (non-hydrogen) atoms. The number of benzene rings is 1. The van der Waals surface area contributed by atoms with E-state index in [0.717, 1.165) is 11.2 Å². The fourth-order valence-corrected chi connectivity index (χ4v) is 1.29. The molecular formula is C14H22BO3. The first-order valence-corrected chi connectivity index (χ1v) is 6.02. The third kappa shape index (κ3) is 3.50. The van der Waals surface area contributed by atoms with Crippen LogP contribution in [-0.4, -0.2) is 32.9 Å². The summed E-state index contributed by atoms with van der Waals surface area (Å²) in [5, 5.41) is 0. The van der Waals surface area contributed by atoms with Crippen molar-refractivity contribution in [3.8, 4) is 5.75 Å². The lowest BCUT2D eigenvalue weighted by Crippen LogP contribution is -2.50. The van der Waals surface area contributed by atoms with E-state index in [4.69, 9.17) is 14.1 Å². The predicted octanol–water partition coefficient (Wildman–Crippen LogP) is 2.16. The van der Waals surface area contributed by atoms with Crippen LogP contribution >= 0.6 is 0 Å². The summed E-state index contributed by atoms with van der Waals surface area (Å²) in [5.41, 5.74) is 0.216. The second kappa shape index (κ2) is 5.76. The van der Waals surface area contributed by atoms with Crippen LogP contribution in [-0.2, 0) is 9.39 Å². The zero-order valence-electron chi connectivity index (χ0n) is 12.1. The first-order chi connectivity index (χ1) is 8.32. The van der Waals surface area contributed by atoms with Crippen molar-refractivity contribution >= 4 is 12.9 Å². The molecule has 0 spiro atoms. The summed E-state index contributed by atoms with van der Waals surface area (Å²) in [4.78, 5) is 0. The van der Waals surface area contributed by atoms with Crippen molar-refractivity contribution in [2.24, 2.45) is 0 Å². The summed E-state index contributed by atoms with van der Waals surface area (Å²) >= 11 is 0. The van der Waals surface area contributed by atoms with Gasteiger partial charge in [-0.05, 0) is 39.8 Å². The Bertz CT molecular complexity index is 371. The SMILES string of the molecule is COc1ccc([B]OC(C)(C)C(C)(C)OC)cc1. The van der Waals surface area contributed by atoms with Gasteiger partial charge in [-0.25, -0.2) is 0 Å². The molecule has 0 aliphatic rings. The molecule has 0 aromatic heterocycles. The Morgan fingerprint density at radius 3 is 1.89 bits per heavy atom. The molecule has 1 aromatic rings. The summed E-state index contributed by atoms with van der Waals surface area (Å²) in [6.45, 7) is 8.04. The average molecular weight is 249 g/mol. The first-order valence-electron chi connectivity index (χ1n) is 6.02. The van der Waals surface area contributed by atoms with Gasteiger partial charge in [0.25, 0.3) is 0 Å². The van der Waals surface area contributed by atoms with Crippen molar-refractivity contribution in [1.82, 2.24) is 0 Å². The van der Waals surface area contributed by atoms with E-state index in [1.165, 1.54) is 0 Å². The van der Waals surface area contributed by atoms with Crippen molar-refractivity contribution in [1.29, 1.82) is 0 Å². The van der Waals surface area contributed by atoms with Crippen LogP contribution in [0, 0.1) is 0 Å². The molecule has 1 rings (SSSR count). The third-order valence-electron chi connectivity index (χ3n) is 3.57. The maximum absolute atomic E-state index is 5.85. The lowest BCUT2D eigenvalue weighted by Gasteiger charge is -2.40. The van der Waals surface area contributed by atoms with Crippen LogP contribution in [0.2, 0.25) is 0 Å². The summed E-state index contributed by atoms with van der Waals surface area (Å²) in [6.07, 6.45) is 0. The van der Waals surface area contributed by atoms with Crippen LogP contribution in [0.25, 0.3) is 0 Å². The number of hydrogen-bond donors (Lipinski definition) is 0. The molecule has 1 radical (unpaired) electrons. The molecule has 99 valence electrons. The molecule has 0 amide bonds. The van der Waals surface area contributed by atoms with Gasteiger partial charge >= 0.3 is 7.48 Å². The van der Waals surface area contributed by atoms with Crippen molar-refractivity contribution in [3.05, 3.63) is 24.3 Å². The van der Waals surface area contributed by atoms with Crippen molar-refractivity contribution in [3.63, 3.8) is 0 Å². The van der Waals surface area contributed by atoms with E-state index in [1.54, 1.807) is 21.7 Å². The van der Waals surface area contributed by atoms with Crippen molar-refractivity contribution in [2.45, 2.75) is 38.9 Å². The van der Waals surface area contributed by atoms with Gasteiger partial charge in [-0.1, -0.05) is 17.6 Å². The van der Waals surface area contributed by atoms with Gasteiger partial charge in [0.15, 0.2) is 0 Å². The van der Waals surface area contributed by atoms with Gasteiger partial charge in [-0.15, -0.1) is 0 Å². The monoisotopic (exact) mass is 249 g/mol. The Morgan fingerprint density at radius 1 is 0.889 bits per heavy atom. The van der Waals surface area contributed by atoms with Gasteiger partial charge in [0, 0.05) is 7.11 Å². The van der Waals surface area contributed by atoms with Crippen LogP contribution in [0.15, 0.2) is 24.3 Å². The van der Waals surface area contributed by atoms with Crippen molar-refractivity contribution in [2.75, 3.05) is 14.2 Å². The van der Waals surface area contributed by atoms with Gasteiger partial charge in [-0.3, -0.25) is 0 Å². The Morgan fingerprint density at radius 2 is 1.44 bits per heavy atom. The van der Waals surface area contributed by atoms with Gasteiger partial charge in [0.1, 0.15) is 5.75 Å². The minimum absolute atomic E-state index is 0.365. The standard InChI is InChI=1S/C14H22BO3/c1-13(2,17-6)14(3,4)18-15-11-7-9-12(16-5)10-8-11/h7-10H,1-6H3. The Kier molecular flexibility index (Phi) is 4.82. The fourth-order valence-electron chi connectivity index (χ4n) is 1.29. The maximum atomic E-state index is 5.85. The molecule has 4 heteroatoms. The zero-order valence-corrected chi connectivity index (χ0v) is 12.1. The summed E-state index contributed by atoms with van der Waals surface area (Å²) in [5.74, 6) is 0.837. The summed E-state index contributed by atoms with van der Waals surface area (Å²) in [6, 6.07) is 7.72. The highest BCUT2D eigenvalue weighted by molar-refractivity contribution is 6.47. The largest absolute Gasteiger partial charge is 0.497 e. The molecule has 0 heterocycles. The normalized spacial score (nSPS) is 12.3. The second-order valence-corrected chi connectivity index (χ2v) is 5.23. The summed E-state index contributed by atoms with van der Waals surface area (Å²) in [7, 11) is 5.10. The highest BCUT2D eigenvalue weighted by atomic mass is 16.5. The highest BCUT2D eigenvalue weighted by Gasteiger charge is 2.37. The quantitative estimate of drug-likeness (QED) is 0.723.